The van der Waals surface area contributed by atoms with Crippen LogP contribution in [-0.4, -0.2) is 11.6 Å². The van der Waals surface area contributed by atoms with Gasteiger partial charge in [-0.1, -0.05) is 26.8 Å². The Morgan fingerprint density at radius 2 is 2.08 bits per heavy atom. The van der Waals surface area contributed by atoms with Crippen molar-refractivity contribution in [2.45, 2.75) is 39.7 Å². The van der Waals surface area contributed by atoms with Crippen molar-refractivity contribution in [3.05, 3.63) is 12.2 Å². The minimum atomic E-state index is -0.348. The Morgan fingerprint density at radius 3 is 2.42 bits per heavy atom. The molecule has 0 saturated carbocycles. The van der Waals surface area contributed by atoms with Gasteiger partial charge in [-0.25, -0.2) is 4.79 Å². The molecule has 0 amide bonds. The first-order valence-electron chi connectivity index (χ1n) is 4.25. The van der Waals surface area contributed by atoms with Crippen LogP contribution in [0, 0.1) is 5.41 Å². The molecule has 0 aliphatic carbocycles. The van der Waals surface area contributed by atoms with E-state index in [0.29, 0.717) is 0 Å². The molecule has 0 bridgehead atoms. The fourth-order valence-electron chi connectivity index (χ4n) is 1.14. The average molecular weight is 168 g/mol. The quantitative estimate of drug-likeness (QED) is 0.519. The summed E-state index contributed by atoms with van der Waals surface area (Å²) in [4.78, 5) is 11.0. The van der Waals surface area contributed by atoms with Gasteiger partial charge in [0, 0.05) is 17.9 Å². The maximum absolute atomic E-state index is 11.0. The summed E-state index contributed by atoms with van der Waals surface area (Å²) in [6.45, 7) is 8.23. The highest BCUT2D eigenvalue weighted by molar-refractivity contribution is 5.83. The van der Waals surface area contributed by atoms with E-state index >= 15 is 0 Å². The molecule has 0 saturated heterocycles. The van der Waals surface area contributed by atoms with Crippen molar-refractivity contribution in [3.8, 4) is 0 Å². The second-order valence-electron chi connectivity index (χ2n) is 4.51. The molecule has 1 rings (SSSR count). The lowest BCUT2D eigenvalue weighted by Gasteiger charge is -2.41. The first-order valence-corrected chi connectivity index (χ1v) is 4.25. The largest absolute Gasteiger partial charge is 0.455 e. The topological polar surface area (TPSA) is 26.3 Å². The number of carbonyl (C=O) groups is 1. The summed E-state index contributed by atoms with van der Waals surface area (Å²) in [5.41, 5.74) is -0.355. The zero-order valence-corrected chi connectivity index (χ0v) is 8.18. The number of hydrogen-bond acceptors (Lipinski definition) is 2. The van der Waals surface area contributed by atoms with Gasteiger partial charge in [0.1, 0.15) is 5.60 Å². The van der Waals surface area contributed by atoms with Crippen molar-refractivity contribution in [2.24, 2.45) is 5.41 Å². The molecule has 2 heteroatoms. The number of ether oxygens (including phenoxy) is 1. The van der Waals surface area contributed by atoms with E-state index < -0.39 is 0 Å². The number of carbonyl (C=O) groups excluding carboxylic acids is 1. The molecule has 0 N–H and O–H groups in total. The lowest BCUT2D eigenvalue weighted by molar-refractivity contribution is -0.165. The summed E-state index contributed by atoms with van der Waals surface area (Å²) in [7, 11) is 0. The summed E-state index contributed by atoms with van der Waals surface area (Å²) in [5.74, 6) is -0.223. The van der Waals surface area contributed by atoms with Crippen LogP contribution in [-0.2, 0) is 9.53 Å². The van der Waals surface area contributed by atoms with Crippen molar-refractivity contribution in [3.63, 3.8) is 0 Å². The second-order valence-corrected chi connectivity index (χ2v) is 4.51. The van der Waals surface area contributed by atoms with Gasteiger partial charge >= 0.3 is 5.97 Å². The molecule has 0 aromatic rings. The molecular weight excluding hydrogens is 152 g/mol. The van der Waals surface area contributed by atoms with Crippen LogP contribution in [0.4, 0.5) is 0 Å². The van der Waals surface area contributed by atoms with Crippen molar-refractivity contribution < 1.29 is 9.53 Å². The standard InChI is InChI=1S/C10H16O2/c1-9(2,3)10(4)7-5-6-8(11)12-10/h5-6H,7H2,1-4H3. The predicted molar refractivity (Wildman–Crippen MR) is 47.7 cm³/mol. The van der Waals surface area contributed by atoms with Crippen LogP contribution in [0.2, 0.25) is 0 Å². The van der Waals surface area contributed by atoms with E-state index in [4.69, 9.17) is 4.74 Å². The third-order valence-electron chi connectivity index (χ3n) is 2.67. The van der Waals surface area contributed by atoms with Crippen LogP contribution in [0.5, 0.6) is 0 Å². The van der Waals surface area contributed by atoms with Crippen molar-refractivity contribution >= 4 is 5.97 Å². The fraction of sp³-hybridized carbons (Fsp3) is 0.700. The Morgan fingerprint density at radius 1 is 1.50 bits per heavy atom. The Kier molecular flexibility index (Phi) is 2.02. The number of esters is 1. The van der Waals surface area contributed by atoms with E-state index in [1.807, 2.05) is 13.0 Å². The summed E-state index contributed by atoms with van der Waals surface area (Å²) >= 11 is 0. The molecule has 1 atom stereocenters. The van der Waals surface area contributed by atoms with Crippen LogP contribution in [0.25, 0.3) is 0 Å². The fourth-order valence-corrected chi connectivity index (χ4v) is 1.14. The molecule has 1 aliphatic heterocycles. The molecular formula is C10H16O2. The van der Waals surface area contributed by atoms with Crippen LogP contribution in [0.1, 0.15) is 34.1 Å². The number of cyclic esters (lactones) is 1. The smallest absolute Gasteiger partial charge is 0.330 e. The van der Waals surface area contributed by atoms with Crippen molar-refractivity contribution in [2.75, 3.05) is 0 Å². The van der Waals surface area contributed by atoms with Crippen LogP contribution < -0.4 is 0 Å². The van der Waals surface area contributed by atoms with E-state index in [2.05, 4.69) is 20.8 Å². The maximum Gasteiger partial charge on any atom is 0.330 e. The Bertz CT molecular complexity index is 222. The van der Waals surface area contributed by atoms with E-state index in [9.17, 15) is 4.79 Å². The molecule has 1 heterocycles. The first kappa shape index (κ1) is 9.30. The highest BCUT2D eigenvalue weighted by Gasteiger charge is 2.41. The highest BCUT2D eigenvalue weighted by atomic mass is 16.6. The lowest BCUT2D eigenvalue weighted by Crippen LogP contribution is -2.45. The van der Waals surface area contributed by atoms with Gasteiger partial charge in [0.25, 0.3) is 0 Å². The van der Waals surface area contributed by atoms with E-state index in [-0.39, 0.29) is 17.0 Å². The predicted octanol–water partition coefficient (Wildman–Crippen LogP) is 2.29. The van der Waals surface area contributed by atoms with Gasteiger partial charge in [-0.2, -0.15) is 0 Å². The molecule has 0 aromatic heterocycles. The summed E-state index contributed by atoms with van der Waals surface area (Å²) in [5, 5.41) is 0. The summed E-state index contributed by atoms with van der Waals surface area (Å²) < 4.78 is 5.31. The monoisotopic (exact) mass is 168 g/mol. The van der Waals surface area contributed by atoms with Crippen molar-refractivity contribution in [1.29, 1.82) is 0 Å². The zero-order chi connectivity index (χ0) is 9.41. The maximum atomic E-state index is 11.0. The molecule has 0 aromatic carbocycles. The molecule has 1 unspecified atom stereocenters. The van der Waals surface area contributed by atoms with Crippen LogP contribution >= 0.6 is 0 Å². The van der Waals surface area contributed by atoms with Gasteiger partial charge in [0.15, 0.2) is 0 Å². The SMILES string of the molecule is CC(C)(C)C1(C)CC=CC(=O)O1. The van der Waals surface area contributed by atoms with Gasteiger partial charge in [-0.15, -0.1) is 0 Å². The molecule has 68 valence electrons. The third-order valence-corrected chi connectivity index (χ3v) is 2.67. The number of rotatable bonds is 0. The molecule has 0 radical (unpaired) electrons. The second kappa shape index (κ2) is 2.61. The van der Waals surface area contributed by atoms with Gasteiger partial charge < -0.3 is 4.74 Å². The minimum absolute atomic E-state index is 0.00653. The van der Waals surface area contributed by atoms with Gasteiger partial charge in [0.05, 0.1) is 0 Å². The number of hydrogen-bond donors (Lipinski definition) is 0. The van der Waals surface area contributed by atoms with E-state index in [1.54, 1.807) is 0 Å². The average Bonchev–Trinajstić information content (AvgIpc) is 1.83. The zero-order valence-electron chi connectivity index (χ0n) is 8.18. The molecule has 1 aliphatic rings. The van der Waals surface area contributed by atoms with Gasteiger partial charge in [-0.3, -0.25) is 0 Å². The summed E-state index contributed by atoms with van der Waals surface area (Å²) in [6, 6.07) is 0. The molecule has 0 fully saturated rings. The Labute approximate surface area is 73.6 Å². The van der Waals surface area contributed by atoms with Crippen molar-refractivity contribution in [1.82, 2.24) is 0 Å². The first-order chi connectivity index (χ1) is 5.35. The lowest BCUT2D eigenvalue weighted by atomic mass is 9.75. The van der Waals surface area contributed by atoms with Gasteiger partial charge in [-0.05, 0) is 6.92 Å². The van der Waals surface area contributed by atoms with Gasteiger partial charge in [0.2, 0.25) is 0 Å². The third kappa shape index (κ3) is 1.52. The molecule has 0 spiro atoms. The normalized spacial score (nSPS) is 30.2. The Balaban J connectivity index is 2.87. The van der Waals surface area contributed by atoms with Crippen LogP contribution in [0.3, 0.4) is 0 Å². The van der Waals surface area contributed by atoms with Crippen LogP contribution in [0.15, 0.2) is 12.2 Å². The highest BCUT2D eigenvalue weighted by Crippen LogP contribution is 2.38. The summed E-state index contributed by atoms with van der Waals surface area (Å²) in [6.07, 6.45) is 4.19. The molecule has 12 heavy (non-hydrogen) atoms. The minimum Gasteiger partial charge on any atom is -0.455 e. The molecule has 2 nitrogen and oxygen atoms in total. The Hall–Kier alpha value is -0.790. The van der Waals surface area contributed by atoms with E-state index in [1.165, 1.54) is 6.08 Å². The van der Waals surface area contributed by atoms with E-state index in [0.717, 1.165) is 6.42 Å².